The maximum absolute atomic E-state index is 11.5. The summed E-state index contributed by atoms with van der Waals surface area (Å²) in [5.41, 5.74) is 2.23. The van der Waals surface area contributed by atoms with Crippen LogP contribution in [0.3, 0.4) is 0 Å². The predicted molar refractivity (Wildman–Crippen MR) is 76.3 cm³/mol. The first-order valence-corrected chi connectivity index (χ1v) is 6.69. The molecule has 0 radical (unpaired) electrons. The Hall–Kier alpha value is -1.55. The van der Waals surface area contributed by atoms with Crippen molar-refractivity contribution >= 4 is 11.7 Å². The lowest BCUT2D eigenvalue weighted by Gasteiger charge is -2.13. The zero-order valence-corrected chi connectivity index (χ0v) is 11.9. The number of carbonyl (C=O) groups is 1. The molecule has 1 aromatic rings. The Labute approximate surface area is 115 Å². The highest BCUT2D eigenvalue weighted by atomic mass is 16.6. The van der Waals surface area contributed by atoms with Crippen LogP contribution in [0.1, 0.15) is 25.8 Å². The molecule has 1 rings (SSSR count). The van der Waals surface area contributed by atoms with Gasteiger partial charge in [0.1, 0.15) is 6.10 Å². The quantitative estimate of drug-likeness (QED) is 0.734. The summed E-state index contributed by atoms with van der Waals surface area (Å²) >= 11 is 0. The van der Waals surface area contributed by atoms with Gasteiger partial charge in [-0.3, -0.25) is 4.79 Å². The van der Waals surface area contributed by atoms with Gasteiger partial charge in [0.15, 0.2) is 0 Å². The van der Waals surface area contributed by atoms with Crippen LogP contribution in [0.4, 0.5) is 5.69 Å². The van der Waals surface area contributed by atoms with Crippen LogP contribution in [-0.4, -0.2) is 31.8 Å². The van der Waals surface area contributed by atoms with E-state index in [9.17, 15) is 4.79 Å². The van der Waals surface area contributed by atoms with Crippen LogP contribution in [0.15, 0.2) is 24.3 Å². The van der Waals surface area contributed by atoms with E-state index in [0.717, 1.165) is 5.69 Å². The van der Waals surface area contributed by atoms with Gasteiger partial charge in [-0.25, -0.2) is 0 Å². The number of carbonyl (C=O) groups excluding carboxylic acids is 1. The van der Waals surface area contributed by atoms with Crippen LogP contribution in [0, 0.1) is 6.92 Å². The first-order valence-electron chi connectivity index (χ1n) is 6.69. The topological polar surface area (TPSA) is 47.6 Å². The largest absolute Gasteiger partial charge is 0.460 e. The molecular formula is C15H23NO3. The van der Waals surface area contributed by atoms with Gasteiger partial charge in [0.2, 0.25) is 0 Å². The van der Waals surface area contributed by atoms with Crippen molar-refractivity contribution < 1.29 is 14.3 Å². The van der Waals surface area contributed by atoms with Gasteiger partial charge >= 0.3 is 5.97 Å². The highest BCUT2D eigenvalue weighted by Gasteiger charge is 2.08. The molecule has 1 aromatic carbocycles. The molecule has 1 atom stereocenters. The number of benzene rings is 1. The van der Waals surface area contributed by atoms with Crippen molar-refractivity contribution in [2.45, 2.75) is 33.3 Å². The first kappa shape index (κ1) is 15.5. The number of nitrogens with one attached hydrogen (secondary N) is 1. The average molecular weight is 265 g/mol. The van der Waals surface area contributed by atoms with Crippen LogP contribution >= 0.6 is 0 Å². The van der Waals surface area contributed by atoms with Crippen molar-refractivity contribution in [3.8, 4) is 0 Å². The molecule has 0 bridgehead atoms. The van der Waals surface area contributed by atoms with E-state index in [1.54, 1.807) is 0 Å². The molecule has 1 N–H and O–H groups in total. The second-order valence-corrected chi connectivity index (χ2v) is 4.50. The van der Waals surface area contributed by atoms with Crippen molar-refractivity contribution in [2.75, 3.05) is 25.1 Å². The minimum absolute atomic E-state index is 0.188. The zero-order chi connectivity index (χ0) is 14.1. The van der Waals surface area contributed by atoms with Crippen molar-refractivity contribution in [3.63, 3.8) is 0 Å². The molecule has 19 heavy (non-hydrogen) atoms. The molecule has 0 aliphatic heterocycles. The van der Waals surface area contributed by atoms with Gasteiger partial charge in [-0.1, -0.05) is 17.7 Å². The third kappa shape index (κ3) is 6.82. The lowest BCUT2D eigenvalue weighted by atomic mass is 10.2. The lowest BCUT2D eigenvalue weighted by molar-refractivity contribution is -0.150. The average Bonchev–Trinajstić information content (AvgIpc) is 2.38. The lowest BCUT2D eigenvalue weighted by Crippen LogP contribution is -2.21. The molecule has 4 nitrogen and oxygen atoms in total. The molecule has 0 spiro atoms. The van der Waals surface area contributed by atoms with Gasteiger partial charge in [0, 0.05) is 18.8 Å². The summed E-state index contributed by atoms with van der Waals surface area (Å²) in [6.07, 6.45) is 0.163. The van der Waals surface area contributed by atoms with E-state index in [4.69, 9.17) is 9.47 Å². The van der Waals surface area contributed by atoms with Crippen LogP contribution in [0.2, 0.25) is 0 Å². The molecule has 4 heteroatoms. The number of hydrogen-bond acceptors (Lipinski definition) is 4. The Kier molecular flexibility index (Phi) is 6.97. The van der Waals surface area contributed by atoms with Crippen molar-refractivity contribution in [1.82, 2.24) is 0 Å². The van der Waals surface area contributed by atoms with Gasteiger partial charge in [0.25, 0.3) is 0 Å². The Morgan fingerprint density at radius 3 is 2.63 bits per heavy atom. The SMILES string of the molecule is CCOCC(C)OC(=O)CCNc1ccc(C)cc1. The van der Waals surface area contributed by atoms with Gasteiger partial charge in [-0.15, -0.1) is 0 Å². The molecule has 0 heterocycles. The number of ether oxygens (including phenoxy) is 2. The highest BCUT2D eigenvalue weighted by Crippen LogP contribution is 2.08. The van der Waals surface area contributed by atoms with E-state index in [0.29, 0.717) is 26.2 Å². The van der Waals surface area contributed by atoms with Crippen LogP contribution in [-0.2, 0) is 14.3 Å². The Balaban J connectivity index is 2.18. The van der Waals surface area contributed by atoms with Crippen LogP contribution in [0.25, 0.3) is 0 Å². The molecule has 0 aromatic heterocycles. The van der Waals surface area contributed by atoms with E-state index >= 15 is 0 Å². The molecular weight excluding hydrogens is 242 g/mol. The molecule has 0 fully saturated rings. The number of anilines is 1. The van der Waals surface area contributed by atoms with E-state index < -0.39 is 0 Å². The van der Waals surface area contributed by atoms with Gasteiger partial charge in [-0.2, -0.15) is 0 Å². The fraction of sp³-hybridized carbons (Fsp3) is 0.533. The molecule has 0 aliphatic rings. The smallest absolute Gasteiger partial charge is 0.307 e. The minimum Gasteiger partial charge on any atom is -0.460 e. The maximum Gasteiger partial charge on any atom is 0.307 e. The Bertz CT molecular complexity index is 375. The normalized spacial score (nSPS) is 11.9. The van der Waals surface area contributed by atoms with E-state index in [-0.39, 0.29) is 12.1 Å². The maximum atomic E-state index is 11.5. The molecule has 0 amide bonds. The molecule has 0 saturated heterocycles. The summed E-state index contributed by atoms with van der Waals surface area (Å²) in [7, 11) is 0. The number of rotatable bonds is 8. The molecule has 106 valence electrons. The summed E-state index contributed by atoms with van der Waals surface area (Å²) in [5, 5.41) is 3.19. The molecule has 1 unspecified atom stereocenters. The van der Waals surface area contributed by atoms with Gasteiger partial charge in [0.05, 0.1) is 13.0 Å². The predicted octanol–water partition coefficient (Wildman–Crippen LogP) is 2.77. The fourth-order valence-electron chi connectivity index (χ4n) is 1.58. The summed E-state index contributed by atoms with van der Waals surface area (Å²) < 4.78 is 10.4. The summed E-state index contributed by atoms with van der Waals surface area (Å²) in [4.78, 5) is 11.5. The first-order chi connectivity index (χ1) is 9.11. The molecule has 0 saturated carbocycles. The fourth-order valence-corrected chi connectivity index (χ4v) is 1.58. The Morgan fingerprint density at radius 2 is 2.00 bits per heavy atom. The number of hydrogen-bond donors (Lipinski definition) is 1. The highest BCUT2D eigenvalue weighted by molar-refractivity contribution is 5.70. The van der Waals surface area contributed by atoms with E-state index in [1.807, 2.05) is 45.0 Å². The number of aryl methyl sites for hydroxylation is 1. The van der Waals surface area contributed by atoms with Crippen LogP contribution < -0.4 is 5.32 Å². The van der Waals surface area contributed by atoms with E-state index in [2.05, 4.69) is 5.32 Å². The third-order valence-corrected chi connectivity index (χ3v) is 2.60. The van der Waals surface area contributed by atoms with E-state index in [1.165, 1.54) is 5.56 Å². The van der Waals surface area contributed by atoms with Crippen LogP contribution in [0.5, 0.6) is 0 Å². The molecule has 0 aliphatic carbocycles. The van der Waals surface area contributed by atoms with Crippen molar-refractivity contribution in [2.24, 2.45) is 0 Å². The van der Waals surface area contributed by atoms with Crippen molar-refractivity contribution in [3.05, 3.63) is 29.8 Å². The van der Waals surface area contributed by atoms with Gasteiger partial charge in [-0.05, 0) is 32.9 Å². The Morgan fingerprint density at radius 1 is 1.32 bits per heavy atom. The number of esters is 1. The van der Waals surface area contributed by atoms with Crippen molar-refractivity contribution in [1.29, 1.82) is 0 Å². The standard InChI is InChI=1S/C15H23NO3/c1-4-18-11-13(3)19-15(17)9-10-16-14-7-5-12(2)6-8-14/h5-8,13,16H,4,9-11H2,1-3H3. The summed E-state index contributed by atoms with van der Waals surface area (Å²) in [6.45, 7) is 7.45. The summed E-state index contributed by atoms with van der Waals surface area (Å²) in [5.74, 6) is -0.202. The second-order valence-electron chi connectivity index (χ2n) is 4.50. The monoisotopic (exact) mass is 265 g/mol. The third-order valence-electron chi connectivity index (χ3n) is 2.60. The van der Waals surface area contributed by atoms with Gasteiger partial charge < -0.3 is 14.8 Å². The minimum atomic E-state index is -0.202. The zero-order valence-electron chi connectivity index (χ0n) is 11.9. The summed E-state index contributed by atoms with van der Waals surface area (Å²) in [6, 6.07) is 8.06. The second kappa shape index (κ2) is 8.53.